The minimum atomic E-state index is 0.0549. The molecule has 0 aliphatic carbocycles. The number of nitrogen functional groups attached to an aromatic ring is 1. The molecule has 0 saturated heterocycles. The van der Waals surface area contributed by atoms with Gasteiger partial charge in [-0.25, -0.2) is 4.98 Å². The molecule has 0 aromatic carbocycles. The molecule has 1 atom stereocenters. The van der Waals surface area contributed by atoms with Crippen LogP contribution in [-0.2, 0) is 0 Å². The molecule has 1 unspecified atom stereocenters. The lowest BCUT2D eigenvalue weighted by molar-refractivity contribution is 0.177. The molecule has 0 radical (unpaired) electrons. The van der Waals surface area contributed by atoms with Gasteiger partial charge in [-0.3, -0.25) is 0 Å². The zero-order valence-corrected chi connectivity index (χ0v) is 9.95. The second-order valence-electron chi connectivity index (χ2n) is 3.73. The van der Waals surface area contributed by atoms with E-state index in [2.05, 4.69) is 4.98 Å². The van der Waals surface area contributed by atoms with Gasteiger partial charge in [0.1, 0.15) is 22.7 Å². The highest BCUT2D eigenvalue weighted by Gasteiger charge is 2.09. The van der Waals surface area contributed by atoms with Crippen molar-refractivity contribution in [2.24, 2.45) is 0 Å². The number of rotatable bonds is 4. The molecule has 84 valence electrons. The molecule has 0 bridgehead atoms. The van der Waals surface area contributed by atoms with Gasteiger partial charge in [0.2, 0.25) is 0 Å². The summed E-state index contributed by atoms with van der Waals surface area (Å²) in [4.78, 5) is 5.91. The van der Waals surface area contributed by atoms with Crippen molar-refractivity contribution in [2.75, 3.05) is 26.4 Å². The van der Waals surface area contributed by atoms with Crippen LogP contribution in [0.15, 0.2) is 12.3 Å². The summed E-state index contributed by atoms with van der Waals surface area (Å²) >= 11 is 5.92. The van der Waals surface area contributed by atoms with Crippen LogP contribution >= 0.6 is 11.6 Å². The Kier molecular flexibility index (Phi) is 4.17. The van der Waals surface area contributed by atoms with Gasteiger partial charge in [-0.05, 0) is 21.0 Å². The SMILES string of the molecule is CC(CN(C)C)Oc1cc(N)ncc1Cl. The van der Waals surface area contributed by atoms with Crippen LogP contribution in [0.25, 0.3) is 0 Å². The van der Waals surface area contributed by atoms with E-state index in [1.54, 1.807) is 6.07 Å². The van der Waals surface area contributed by atoms with Crippen LogP contribution in [0.4, 0.5) is 5.82 Å². The van der Waals surface area contributed by atoms with Crippen LogP contribution in [0.1, 0.15) is 6.92 Å². The number of anilines is 1. The molecule has 1 aromatic heterocycles. The van der Waals surface area contributed by atoms with Crippen molar-refractivity contribution in [2.45, 2.75) is 13.0 Å². The van der Waals surface area contributed by atoms with Crippen molar-refractivity contribution in [1.29, 1.82) is 0 Å². The van der Waals surface area contributed by atoms with E-state index in [4.69, 9.17) is 22.1 Å². The smallest absolute Gasteiger partial charge is 0.143 e. The Morgan fingerprint density at radius 1 is 1.60 bits per heavy atom. The van der Waals surface area contributed by atoms with Crippen LogP contribution in [0.2, 0.25) is 5.02 Å². The average molecular weight is 230 g/mol. The molecule has 1 heterocycles. The van der Waals surface area contributed by atoms with E-state index in [0.717, 1.165) is 6.54 Å². The second kappa shape index (κ2) is 5.19. The Morgan fingerprint density at radius 3 is 2.87 bits per heavy atom. The number of halogens is 1. The number of likely N-dealkylation sites (N-methyl/N-ethyl adjacent to an activating group) is 1. The van der Waals surface area contributed by atoms with Gasteiger partial charge in [-0.15, -0.1) is 0 Å². The Labute approximate surface area is 95.0 Å². The first-order valence-corrected chi connectivity index (χ1v) is 5.09. The van der Waals surface area contributed by atoms with Crippen molar-refractivity contribution in [3.05, 3.63) is 17.3 Å². The molecular weight excluding hydrogens is 214 g/mol. The highest BCUT2D eigenvalue weighted by molar-refractivity contribution is 6.31. The van der Waals surface area contributed by atoms with Gasteiger partial charge in [-0.2, -0.15) is 0 Å². The Bertz CT molecular complexity index is 330. The maximum atomic E-state index is 5.92. The van der Waals surface area contributed by atoms with E-state index in [9.17, 15) is 0 Å². The molecule has 0 amide bonds. The predicted molar refractivity (Wildman–Crippen MR) is 62.3 cm³/mol. The minimum absolute atomic E-state index is 0.0549. The van der Waals surface area contributed by atoms with Crippen molar-refractivity contribution in [1.82, 2.24) is 9.88 Å². The number of aromatic nitrogens is 1. The summed E-state index contributed by atoms with van der Waals surface area (Å²) in [6.45, 7) is 2.80. The lowest BCUT2D eigenvalue weighted by atomic mass is 10.3. The first kappa shape index (κ1) is 12.1. The average Bonchev–Trinajstić information content (AvgIpc) is 2.10. The number of nitrogens with two attached hydrogens (primary N) is 1. The van der Waals surface area contributed by atoms with Gasteiger partial charge in [-0.1, -0.05) is 11.6 Å². The van der Waals surface area contributed by atoms with E-state index < -0.39 is 0 Å². The molecule has 0 aliphatic rings. The number of nitrogens with zero attached hydrogens (tertiary/aromatic N) is 2. The minimum Gasteiger partial charge on any atom is -0.488 e. The highest BCUT2D eigenvalue weighted by Crippen LogP contribution is 2.25. The van der Waals surface area contributed by atoms with Crippen LogP contribution in [0.3, 0.4) is 0 Å². The standard InChI is InChI=1S/C10H16ClN3O/c1-7(6-14(2)3)15-9-4-10(12)13-5-8(9)11/h4-5,7H,6H2,1-3H3,(H2,12,13). The van der Waals surface area contributed by atoms with Gasteiger partial charge in [0.15, 0.2) is 0 Å². The molecule has 2 N–H and O–H groups in total. The van der Waals surface area contributed by atoms with Crippen molar-refractivity contribution >= 4 is 17.4 Å². The Morgan fingerprint density at radius 2 is 2.27 bits per heavy atom. The van der Waals surface area contributed by atoms with Gasteiger partial charge in [0.05, 0.1) is 6.20 Å². The molecular formula is C10H16ClN3O. The van der Waals surface area contributed by atoms with Crippen LogP contribution in [-0.4, -0.2) is 36.6 Å². The molecule has 4 nitrogen and oxygen atoms in total. The van der Waals surface area contributed by atoms with E-state index in [1.165, 1.54) is 6.20 Å². The zero-order chi connectivity index (χ0) is 11.4. The number of hydrogen-bond donors (Lipinski definition) is 1. The summed E-state index contributed by atoms with van der Waals surface area (Å²) in [6, 6.07) is 1.63. The Hall–Kier alpha value is -1.00. The van der Waals surface area contributed by atoms with Gasteiger partial charge >= 0.3 is 0 Å². The zero-order valence-electron chi connectivity index (χ0n) is 9.20. The molecule has 5 heteroatoms. The topological polar surface area (TPSA) is 51.4 Å². The third kappa shape index (κ3) is 3.93. The lowest BCUT2D eigenvalue weighted by Crippen LogP contribution is -2.28. The maximum absolute atomic E-state index is 5.92. The second-order valence-corrected chi connectivity index (χ2v) is 4.14. The van der Waals surface area contributed by atoms with E-state index in [0.29, 0.717) is 16.6 Å². The largest absolute Gasteiger partial charge is 0.488 e. The molecule has 1 rings (SSSR count). The monoisotopic (exact) mass is 229 g/mol. The first-order chi connectivity index (χ1) is 6.99. The first-order valence-electron chi connectivity index (χ1n) is 4.71. The third-order valence-corrected chi connectivity index (χ3v) is 2.08. The third-order valence-electron chi connectivity index (χ3n) is 1.79. The Balaban J connectivity index is 2.67. The van der Waals surface area contributed by atoms with E-state index in [-0.39, 0.29) is 6.10 Å². The fraction of sp³-hybridized carbons (Fsp3) is 0.500. The van der Waals surface area contributed by atoms with Crippen molar-refractivity contribution in [3.63, 3.8) is 0 Å². The van der Waals surface area contributed by atoms with Gasteiger partial charge < -0.3 is 15.4 Å². The van der Waals surface area contributed by atoms with Gasteiger partial charge in [0.25, 0.3) is 0 Å². The summed E-state index contributed by atoms with van der Waals surface area (Å²) in [7, 11) is 3.98. The summed E-state index contributed by atoms with van der Waals surface area (Å²) in [6.07, 6.45) is 1.55. The van der Waals surface area contributed by atoms with Crippen LogP contribution in [0, 0.1) is 0 Å². The summed E-state index contributed by atoms with van der Waals surface area (Å²) in [5.41, 5.74) is 5.54. The van der Waals surface area contributed by atoms with Gasteiger partial charge in [0, 0.05) is 12.6 Å². The number of hydrogen-bond acceptors (Lipinski definition) is 4. The molecule has 15 heavy (non-hydrogen) atoms. The lowest BCUT2D eigenvalue weighted by Gasteiger charge is -2.19. The van der Waals surface area contributed by atoms with E-state index >= 15 is 0 Å². The summed E-state index contributed by atoms with van der Waals surface area (Å²) < 4.78 is 5.64. The number of pyridine rings is 1. The molecule has 1 aromatic rings. The van der Waals surface area contributed by atoms with Crippen LogP contribution < -0.4 is 10.5 Å². The summed E-state index contributed by atoms with van der Waals surface area (Å²) in [5.74, 6) is 0.991. The molecule has 0 spiro atoms. The quantitative estimate of drug-likeness (QED) is 0.853. The van der Waals surface area contributed by atoms with Crippen molar-refractivity contribution < 1.29 is 4.74 Å². The maximum Gasteiger partial charge on any atom is 0.143 e. The fourth-order valence-electron chi connectivity index (χ4n) is 1.29. The fourth-order valence-corrected chi connectivity index (χ4v) is 1.44. The molecule has 0 fully saturated rings. The van der Waals surface area contributed by atoms with Crippen LogP contribution in [0.5, 0.6) is 5.75 Å². The predicted octanol–water partition coefficient (Wildman–Crippen LogP) is 1.65. The highest BCUT2D eigenvalue weighted by atomic mass is 35.5. The van der Waals surface area contributed by atoms with Crippen molar-refractivity contribution in [3.8, 4) is 5.75 Å². The number of ether oxygens (including phenoxy) is 1. The van der Waals surface area contributed by atoms with E-state index in [1.807, 2.05) is 25.9 Å². The summed E-state index contributed by atoms with van der Waals surface area (Å²) in [5, 5.41) is 0.481. The normalized spacial score (nSPS) is 12.9. The molecule has 0 saturated carbocycles. The molecule has 0 aliphatic heterocycles.